The van der Waals surface area contributed by atoms with Crippen LogP contribution in [0.5, 0.6) is 0 Å². The van der Waals surface area contributed by atoms with E-state index in [0.29, 0.717) is 37.4 Å². The van der Waals surface area contributed by atoms with Gasteiger partial charge in [0.25, 0.3) is 5.91 Å². The van der Waals surface area contributed by atoms with E-state index in [9.17, 15) is 18.0 Å². The van der Waals surface area contributed by atoms with Crippen LogP contribution in [0.1, 0.15) is 40.7 Å². The van der Waals surface area contributed by atoms with Gasteiger partial charge in [-0.2, -0.15) is 18.3 Å². The first-order valence-electron chi connectivity index (χ1n) is 8.58. The molecule has 9 heteroatoms. The molecular formula is C18H17F3N4O2. The van der Waals surface area contributed by atoms with Crippen LogP contribution in [0.25, 0.3) is 11.1 Å². The molecule has 4 rings (SSSR count). The van der Waals surface area contributed by atoms with Gasteiger partial charge in [-0.3, -0.25) is 9.48 Å². The van der Waals surface area contributed by atoms with E-state index in [2.05, 4.69) is 10.1 Å². The lowest BCUT2D eigenvalue weighted by Gasteiger charge is -2.30. The third-order valence-corrected chi connectivity index (χ3v) is 4.77. The molecular weight excluding hydrogens is 361 g/mol. The van der Waals surface area contributed by atoms with Gasteiger partial charge in [-0.1, -0.05) is 12.1 Å². The molecule has 0 unspecified atom stereocenters. The zero-order chi connectivity index (χ0) is 19.2. The highest BCUT2D eigenvalue weighted by molar-refractivity contribution is 5.95. The van der Waals surface area contributed by atoms with Gasteiger partial charge in [0.2, 0.25) is 0 Å². The van der Waals surface area contributed by atoms with E-state index in [1.165, 1.54) is 11.9 Å². The summed E-state index contributed by atoms with van der Waals surface area (Å²) < 4.78 is 46.1. The van der Waals surface area contributed by atoms with Crippen LogP contribution in [0.3, 0.4) is 0 Å². The molecule has 0 aliphatic carbocycles. The molecule has 3 heterocycles. The van der Waals surface area contributed by atoms with Crippen LogP contribution in [0.15, 0.2) is 34.9 Å². The van der Waals surface area contributed by atoms with Crippen molar-refractivity contribution in [1.29, 1.82) is 0 Å². The molecule has 1 amide bonds. The number of carbonyl (C=O) groups is 1. The third kappa shape index (κ3) is 3.29. The number of piperidine rings is 1. The van der Waals surface area contributed by atoms with Crippen molar-refractivity contribution in [3.63, 3.8) is 0 Å². The van der Waals surface area contributed by atoms with E-state index in [-0.39, 0.29) is 5.92 Å². The van der Waals surface area contributed by atoms with Gasteiger partial charge in [0.1, 0.15) is 5.52 Å². The Kier molecular flexibility index (Phi) is 4.16. The Hall–Kier alpha value is -2.84. The number of aryl methyl sites for hydroxylation is 1. The van der Waals surface area contributed by atoms with Crippen LogP contribution in [-0.4, -0.2) is 38.7 Å². The Morgan fingerprint density at radius 3 is 2.59 bits per heavy atom. The van der Waals surface area contributed by atoms with Crippen LogP contribution < -0.4 is 0 Å². The Bertz CT molecular complexity index is 951. The number of amides is 1. The van der Waals surface area contributed by atoms with E-state index in [1.807, 2.05) is 24.3 Å². The van der Waals surface area contributed by atoms with Gasteiger partial charge < -0.3 is 9.32 Å². The number of fused-ring (bicyclic) bond motifs is 1. The number of nitrogens with zero attached hydrogens (tertiary/aromatic N) is 4. The third-order valence-electron chi connectivity index (χ3n) is 4.77. The summed E-state index contributed by atoms with van der Waals surface area (Å²) in [6.45, 7) is 0.683. The second-order valence-corrected chi connectivity index (χ2v) is 6.65. The van der Waals surface area contributed by atoms with Crippen molar-refractivity contribution < 1.29 is 22.4 Å². The van der Waals surface area contributed by atoms with E-state index in [4.69, 9.17) is 4.42 Å². The minimum absolute atomic E-state index is 0.0393. The number of hydrogen-bond acceptors (Lipinski definition) is 4. The maximum atomic E-state index is 13.1. The van der Waals surface area contributed by atoms with Crippen molar-refractivity contribution in [2.45, 2.75) is 24.9 Å². The predicted octanol–water partition coefficient (Wildman–Crippen LogP) is 3.60. The fourth-order valence-corrected chi connectivity index (χ4v) is 3.42. The molecule has 3 aromatic rings. The fraction of sp³-hybridized carbons (Fsp3) is 0.389. The Balaban J connectivity index is 1.48. The molecule has 0 radical (unpaired) electrons. The number of oxazole rings is 1. The highest BCUT2D eigenvalue weighted by Gasteiger charge is 2.40. The molecule has 1 saturated heterocycles. The summed E-state index contributed by atoms with van der Waals surface area (Å²) in [6.07, 6.45) is -2.37. The quantitative estimate of drug-likeness (QED) is 0.684. The molecule has 0 N–H and O–H groups in total. The van der Waals surface area contributed by atoms with Gasteiger partial charge >= 0.3 is 6.18 Å². The second-order valence-electron chi connectivity index (χ2n) is 6.65. The van der Waals surface area contributed by atoms with E-state index >= 15 is 0 Å². The fourth-order valence-electron chi connectivity index (χ4n) is 3.42. The molecule has 27 heavy (non-hydrogen) atoms. The number of alkyl halides is 3. The van der Waals surface area contributed by atoms with Gasteiger partial charge in [-0.15, -0.1) is 0 Å². The average Bonchev–Trinajstić information content (AvgIpc) is 3.24. The summed E-state index contributed by atoms with van der Waals surface area (Å²) in [4.78, 5) is 18.5. The molecule has 0 spiro atoms. The lowest BCUT2D eigenvalue weighted by atomic mass is 9.96. The highest BCUT2D eigenvalue weighted by Crippen LogP contribution is 2.33. The summed E-state index contributed by atoms with van der Waals surface area (Å²) >= 11 is 0. The normalized spacial score (nSPS) is 16.2. The topological polar surface area (TPSA) is 64.2 Å². The minimum Gasteiger partial charge on any atom is -0.440 e. The molecule has 1 aliphatic heterocycles. The Morgan fingerprint density at radius 1 is 1.22 bits per heavy atom. The number of carbonyl (C=O) groups excluding carboxylic acids is 1. The van der Waals surface area contributed by atoms with Crippen LogP contribution in [-0.2, 0) is 13.2 Å². The number of halogens is 3. The second kappa shape index (κ2) is 6.40. The molecule has 0 bridgehead atoms. The summed E-state index contributed by atoms with van der Waals surface area (Å²) in [5.74, 6) is 0.00420. The van der Waals surface area contributed by atoms with Crippen molar-refractivity contribution in [3.8, 4) is 0 Å². The lowest BCUT2D eigenvalue weighted by Crippen LogP contribution is -2.38. The summed E-state index contributed by atoms with van der Waals surface area (Å²) in [7, 11) is 1.37. The first-order chi connectivity index (χ1) is 12.8. The highest BCUT2D eigenvalue weighted by atomic mass is 19.4. The molecule has 1 fully saturated rings. The van der Waals surface area contributed by atoms with Crippen molar-refractivity contribution in [2.24, 2.45) is 7.05 Å². The molecule has 2 aromatic heterocycles. The van der Waals surface area contributed by atoms with Crippen molar-refractivity contribution >= 4 is 17.0 Å². The largest absolute Gasteiger partial charge is 0.440 e. The van der Waals surface area contributed by atoms with Gasteiger partial charge in [0, 0.05) is 32.3 Å². The Morgan fingerprint density at radius 2 is 1.93 bits per heavy atom. The van der Waals surface area contributed by atoms with Gasteiger partial charge in [-0.25, -0.2) is 4.98 Å². The van der Waals surface area contributed by atoms with Crippen LogP contribution in [0.2, 0.25) is 0 Å². The predicted molar refractivity (Wildman–Crippen MR) is 90.1 cm³/mol. The molecule has 6 nitrogen and oxygen atoms in total. The van der Waals surface area contributed by atoms with Crippen LogP contribution >= 0.6 is 0 Å². The maximum absolute atomic E-state index is 13.1. The summed E-state index contributed by atoms with van der Waals surface area (Å²) in [6, 6.07) is 7.44. The van der Waals surface area contributed by atoms with Crippen molar-refractivity contribution in [3.05, 3.63) is 47.6 Å². The molecule has 1 aromatic carbocycles. The van der Waals surface area contributed by atoms with Crippen molar-refractivity contribution in [1.82, 2.24) is 19.7 Å². The zero-order valence-corrected chi connectivity index (χ0v) is 14.5. The average molecular weight is 378 g/mol. The summed E-state index contributed by atoms with van der Waals surface area (Å²) in [5, 5.41) is 3.40. The number of benzene rings is 1. The maximum Gasteiger partial charge on any atom is 0.435 e. The summed E-state index contributed by atoms with van der Waals surface area (Å²) in [5.41, 5.74) is -0.0752. The molecule has 142 valence electrons. The molecule has 0 atom stereocenters. The van der Waals surface area contributed by atoms with Gasteiger partial charge in [-0.05, 0) is 25.0 Å². The SMILES string of the molecule is Cn1cc(C(=O)N2CCC(c3nc4ccccc4o3)CC2)c(C(F)(F)F)n1. The molecule has 0 saturated carbocycles. The number of para-hydroxylation sites is 2. The van der Waals surface area contributed by atoms with Crippen LogP contribution in [0.4, 0.5) is 13.2 Å². The Labute approximate surface area is 152 Å². The smallest absolute Gasteiger partial charge is 0.435 e. The van der Waals surface area contributed by atoms with Gasteiger partial charge in [0.05, 0.1) is 5.56 Å². The standard InChI is InChI=1S/C18H17F3N4O2/c1-24-10-12(15(23-24)18(19,20)21)17(26)25-8-6-11(7-9-25)16-22-13-4-2-3-5-14(13)27-16/h2-5,10-11H,6-9H2,1H3. The first kappa shape index (κ1) is 17.6. The minimum atomic E-state index is -4.66. The number of rotatable bonds is 2. The monoisotopic (exact) mass is 378 g/mol. The van der Waals surface area contributed by atoms with Crippen LogP contribution in [0, 0.1) is 0 Å². The molecule has 1 aliphatic rings. The van der Waals surface area contributed by atoms with E-state index < -0.39 is 23.3 Å². The number of aromatic nitrogens is 3. The first-order valence-corrected chi connectivity index (χ1v) is 8.58. The van der Waals surface area contributed by atoms with Gasteiger partial charge in [0.15, 0.2) is 17.2 Å². The zero-order valence-electron chi connectivity index (χ0n) is 14.5. The van der Waals surface area contributed by atoms with E-state index in [1.54, 1.807) is 0 Å². The van der Waals surface area contributed by atoms with E-state index in [0.717, 1.165) is 16.4 Å². The van der Waals surface area contributed by atoms with Crippen molar-refractivity contribution in [2.75, 3.05) is 13.1 Å². The number of hydrogen-bond donors (Lipinski definition) is 0. The number of likely N-dealkylation sites (tertiary alicyclic amines) is 1. The lowest BCUT2D eigenvalue weighted by molar-refractivity contribution is -0.141.